The van der Waals surface area contributed by atoms with Crippen LogP contribution in [0.15, 0.2) is 30.3 Å². The molecule has 2 fully saturated rings. The number of H-pyrrole nitrogens is 1. The minimum atomic E-state index is 0.0334. The molecule has 1 N–H and O–H groups in total. The van der Waals surface area contributed by atoms with Crippen molar-refractivity contribution in [3.63, 3.8) is 0 Å². The van der Waals surface area contributed by atoms with Gasteiger partial charge in [-0.1, -0.05) is 6.07 Å². The molecule has 6 heteroatoms. The van der Waals surface area contributed by atoms with Gasteiger partial charge in [-0.2, -0.15) is 5.10 Å². The molecule has 24 heavy (non-hydrogen) atoms. The molecule has 1 amide bonds. The highest BCUT2D eigenvalue weighted by atomic mass is 16.5. The van der Waals surface area contributed by atoms with Crippen LogP contribution < -0.4 is 9.47 Å². The van der Waals surface area contributed by atoms with Crippen LogP contribution in [-0.2, 0) is 6.61 Å². The van der Waals surface area contributed by atoms with Gasteiger partial charge in [0.1, 0.15) is 18.1 Å². The number of aromatic amines is 1. The average Bonchev–Trinajstić information content (AvgIpc) is 3.36. The van der Waals surface area contributed by atoms with Crippen molar-refractivity contribution in [3.8, 4) is 11.5 Å². The fourth-order valence-electron chi connectivity index (χ4n) is 3.72. The van der Waals surface area contributed by atoms with Gasteiger partial charge in [-0.25, -0.2) is 0 Å². The van der Waals surface area contributed by atoms with E-state index in [-0.39, 0.29) is 5.91 Å². The monoisotopic (exact) mass is 327 g/mol. The van der Waals surface area contributed by atoms with Gasteiger partial charge in [-0.3, -0.25) is 9.89 Å². The first-order valence-electron chi connectivity index (χ1n) is 8.35. The molecule has 2 heterocycles. The number of hydrogen-bond donors (Lipinski definition) is 1. The van der Waals surface area contributed by atoms with Gasteiger partial charge in [-0.15, -0.1) is 0 Å². The number of likely N-dealkylation sites (tertiary alicyclic amines) is 1. The summed E-state index contributed by atoms with van der Waals surface area (Å²) in [5, 5.41) is 7.07. The zero-order valence-electron chi connectivity index (χ0n) is 13.7. The second-order valence-corrected chi connectivity index (χ2v) is 6.54. The van der Waals surface area contributed by atoms with Crippen molar-refractivity contribution in [2.24, 2.45) is 5.92 Å². The molecule has 2 bridgehead atoms. The van der Waals surface area contributed by atoms with Crippen molar-refractivity contribution in [1.29, 1.82) is 0 Å². The molecule has 6 nitrogen and oxygen atoms in total. The molecular weight excluding hydrogens is 306 g/mol. The summed E-state index contributed by atoms with van der Waals surface area (Å²) >= 11 is 0. The summed E-state index contributed by atoms with van der Waals surface area (Å²) in [6.45, 7) is 1.21. The molecule has 1 aromatic heterocycles. The second-order valence-electron chi connectivity index (χ2n) is 6.54. The summed E-state index contributed by atoms with van der Waals surface area (Å²) < 4.78 is 10.9. The number of aromatic nitrogens is 2. The maximum Gasteiger partial charge on any atom is 0.274 e. The summed E-state index contributed by atoms with van der Waals surface area (Å²) in [6.07, 6.45) is 3.54. The Kier molecular flexibility index (Phi) is 3.88. The van der Waals surface area contributed by atoms with E-state index in [1.54, 1.807) is 13.2 Å². The number of methoxy groups -OCH3 is 1. The summed E-state index contributed by atoms with van der Waals surface area (Å²) in [4.78, 5) is 14.6. The third-order valence-electron chi connectivity index (χ3n) is 4.96. The first-order valence-corrected chi connectivity index (χ1v) is 8.35. The van der Waals surface area contributed by atoms with Gasteiger partial charge in [0.2, 0.25) is 0 Å². The summed E-state index contributed by atoms with van der Waals surface area (Å²) in [5.74, 6) is 2.19. The Hall–Kier alpha value is -2.50. The van der Waals surface area contributed by atoms with E-state index in [0.29, 0.717) is 30.0 Å². The Labute approximate surface area is 140 Å². The van der Waals surface area contributed by atoms with Crippen molar-refractivity contribution < 1.29 is 14.3 Å². The van der Waals surface area contributed by atoms with E-state index in [1.807, 2.05) is 29.2 Å². The van der Waals surface area contributed by atoms with Crippen molar-refractivity contribution >= 4 is 5.91 Å². The lowest BCUT2D eigenvalue weighted by Gasteiger charge is -2.26. The highest BCUT2D eigenvalue weighted by Gasteiger charge is 2.40. The number of carbonyl (C=O) groups is 1. The smallest absolute Gasteiger partial charge is 0.274 e. The highest BCUT2D eigenvalue weighted by Crippen LogP contribution is 2.37. The molecule has 1 saturated heterocycles. The average molecular weight is 327 g/mol. The molecular formula is C18H21N3O3. The van der Waals surface area contributed by atoms with Crippen LogP contribution in [0.3, 0.4) is 0 Å². The SMILES string of the molecule is COc1cccc(OCc2cc(C(=O)N3C[C@@H]4CC[C@@H]3C4)n[nH]2)c1. The van der Waals surface area contributed by atoms with E-state index in [2.05, 4.69) is 10.2 Å². The van der Waals surface area contributed by atoms with Crippen molar-refractivity contribution in [1.82, 2.24) is 15.1 Å². The molecule has 0 spiro atoms. The summed E-state index contributed by atoms with van der Waals surface area (Å²) in [6, 6.07) is 9.63. The van der Waals surface area contributed by atoms with Crippen LogP contribution in [0.5, 0.6) is 11.5 Å². The molecule has 1 aliphatic carbocycles. The van der Waals surface area contributed by atoms with Crippen LogP contribution in [-0.4, -0.2) is 40.7 Å². The molecule has 1 saturated carbocycles. The first-order chi connectivity index (χ1) is 11.7. The highest BCUT2D eigenvalue weighted by molar-refractivity contribution is 5.92. The Balaban J connectivity index is 1.38. The number of rotatable bonds is 5. The van der Waals surface area contributed by atoms with Gasteiger partial charge in [0.05, 0.1) is 12.8 Å². The Morgan fingerprint density at radius 3 is 2.96 bits per heavy atom. The number of nitrogens with zero attached hydrogens (tertiary/aromatic N) is 2. The molecule has 4 rings (SSSR count). The lowest BCUT2D eigenvalue weighted by Crippen LogP contribution is -2.37. The summed E-state index contributed by atoms with van der Waals surface area (Å²) in [5.41, 5.74) is 1.26. The van der Waals surface area contributed by atoms with Crippen LogP contribution in [0.25, 0.3) is 0 Å². The molecule has 0 radical (unpaired) electrons. The number of benzene rings is 1. The van der Waals surface area contributed by atoms with Crippen LogP contribution in [0, 0.1) is 5.92 Å². The Bertz CT molecular complexity index is 743. The van der Waals surface area contributed by atoms with Gasteiger partial charge >= 0.3 is 0 Å². The van der Waals surface area contributed by atoms with Crippen molar-refractivity contribution in [2.75, 3.05) is 13.7 Å². The minimum Gasteiger partial charge on any atom is -0.497 e. The van der Waals surface area contributed by atoms with E-state index in [0.717, 1.165) is 30.8 Å². The predicted molar refractivity (Wildman–Crippen MR) is 88.1 cm³/mol. The topological polar surface area (TPSA) is 67.5 Å². The number of nitrogens with one attached hydrogen (secondary N) is 1. The number of ether oxygens (including phenoxy) is 2. The van der Waals surface area contributed by atoms with Crippen LogP contribution in [0.2, 0.25) is 0 Å². The third kappa shape index (κ3) is 2.84. The predicted octanol–water partition coefficient (Wildman–Crippen LogP) is 2.62. The molecule has 1 aliphatic heterocycles. The van der Waals surface area contributed by atoms with Crippen LogP contribution >= 0.6 is 0 Å². The molecule has 1 aromatic carbocycles. The standard InChI is InChI=1S/C18H21N3O3/c1-23-15-3-2-4-16(9-15)24-11-13-8-17(20-19-13)18(22)21-10-12-5-6-14(21)7-12/h2-4,8-9,12,14H,5-7,10-11H2,1H3,(H,19,20)/t12-,14-/m1/s1. The van der Waals surface area contributed by atoms with Gasteiger partial charge in [0.25, 0.3) is 5.91 Å². The maximum atomic E-state index is 12.6. The van der Waals surface area contributed by atoms with E-state index < -0.39 is 0 Å². The molecule has 2 aliphatic rings. The largest absolute Gasteiger partial charge is 0.497 e. The van der Waals surface area contributed by atoms with Gasteiger partial charge in [0, 0.05) is 18.7 Å². The molecule has 2 atom stereocenters. The Morgan fingerprint density at radius 2 is 2.21 bits per heavy atom. The van der Waals surface area contributed by atoms with E-state index in [9.17, 15) is 4.79 Å². The molecule has 0 unspecified atom stereocenters. The van der Waals surface area contributed by atoms with E-state index >= 15 is 0 Å². The van der Waals surface area contributed by atoms with Crippen molar-refractivity contribution in [3.05, 3.63) is 41.7 Å². The second kappa shape index (κ2) is 6.19. The first kappa shape index (κ1) is 15.1. The number of amides is 1. The van der Waals surface area contributed by atoms with Gasteiger partial charge in [0.15, 0.2) is 5.69 Å². The zero-order valence-corrected chi connectivity index (χ0v) is 13.7. The van der Waals surface area contributed by atoms with E-state index in [1.165, 1.54) is 6.42 Å². The Morgan fingerprint density at radius 1 is 1.33 bits per heavy atom. The fraction of sp³-hybridized carbons (Fsp3) is 0.444. The van der Waals surface area contributed by atoms with Crippen LogP contribution in [0.4, 0.5) is 0 Å². The number of hydrogen-bond acceptors (Lipinski definition) is 4. The minimum absolute atomic E-state index is 0.0334. The molecule has 126 valence electrons. The van der Waals surface area contributed by atoms with Gasteiger partial charge < -0.3 is 14.4 Å². The zero-order chi connectivity index (χ0) is 16.5. The van der Waals surface area contributed by atoms with Crippen LogP contribution in [0.1, 0.15) is 35.4 Å². The summed E-state index contributed by atoms with van der Waals surface area (Å²) in [7, 11) is 1.62. The number of fused-ring (bicyclic) bond motifs is 2. The number of carbonyl (C=O) groups excluding carboxylic acids is 1. The van der Waals surface area contributed by atoms with Crippen molar-refractivity contribution in [2.45, 2.75) is 31.9 Å². The normalized spacial score (nSPS) is 22.0. The quantitative estimate of drug-likeness (QED) is 0.917. The lowest BCUT2D eigenvalue weighted by molar-refractivity contribution is 0.0697. The number of piperidine rings is 1. The fourth-order valence-corrected chi connectivity index (χ4v) is 3.72. The van der Waals surface area contributed by atoms with E-state index in [4.69, 9.17) is 9.47 Å². The maximum absolute atomic E-state index is 12.6. The third-order valence-corrected chi connectivity index (χ3v) is 4.96. The molecule has 2 aromatic rings. The lowest BCUT2D eigenvalue weighted by atomic mass is 10.1. The van der Waals surface area contributed by atoms with Gasteiger partial charge in [-0.05, 0) is 43.4 Å².